The van der Waals surface area contributed by atoms with Gasteiger partial charge in [-0.1, -0.05) is 24.3 Å². The molecule has 0 aliphatic carbocycles. The van der Waals surface area contributed by atoms with Gasteiger partial charge >= 0.3 is 0 Å². The highest BCUT2D eigenvalue weighted by atomic mass is 32.1. The number of carbonyl (C=O) groups is 1. The van der Waals surface area contributed by atoms with Crippen LogP contribution in [0.4, 0.5) is 0 Å². The van der Waals surface area contributed by atoms with Gasteiger partial charge in [0.1, 0.15) is 16.3 Å². The summed E-state index contributed by atoms with van der Waals surface area (Å²) in [5, 5.41) is 0. The van der Waals surface area contributed by atoms with Crippen LogP contribution in [0.1, 0.15) is 15.2 Å². The molecule has 4 aromatic rings. The first-order chi connectivity index (χ1) is 13.0. The number of ether oxygens (including phenoxy) is 1. The van der Waals surface area contributed by atoms with Gasteiger partial charge in [0.25, 0.3) is 11.5 Å². The van der Waals surface area contributed by atoms with Crippen molar-refractivity contribution in [3.63, 3.8) is 0 Å². The van der Waals surface area contributed by atoms with Gasteiger partial charge in [-0.2, -0.15) is 0 Å². The van der Waals surface area contributed by atoms with Gasteiger partial charge in [0, 0.05) is 6.07 Å². The molecule has 6 nitrogen and oxygen atoms in total. The number of hydrogen-bond donors (Lipinski definition) is 1. The number of amides is 1. The molecule has 0 saturated carbocycles. The number of fused-ring (bicyclic) bond motifs is 1. The standard InChI is InChI=1S/C20H15N3O3S/c1-12-7-8-13(9-16(12)26-14-5-3-2-4-6-14)23-15-10-17(19(21)25)27-20(15)22-11-18(23)24/h2-11H,1H3,(H2,21,25). The predicted molar refractivity (Wildman–Crippen MR) is 105 cm³/mol. The summed E-state index contributed by atoms with van der Waals surface area (Å²) in [6.07, 6.45) is 1.24. The molecule has 0 radical (unpaired) electrons. The molecule has 2 aromatic carbocycles. The maximum Gasteiger partial charge on any atom is 0.274 e. The number of thiophene rings is 1. The molecule has 4 rings (SSSR count). The summed E-state index contributed by atoms with van der Waals surface area (Å²) >= 11 is 1.16. The first-order valence-electron chi connectivity index (χ1n) is 8.18. The van der Waals surface area contributed by atoms with E-state index in [1.54, 1.807) is 12.1 Å². The fraction of sp³-hybridized carbons (Fsp3) is 0.0500. The number of nitrogens with two attached hydrogens (primary N) is 1. The van der Waals surface area contributed by atoms with Crippen molar-refractivity contribution in [2.75, 3.05) is 0 Å². The Morgan fingerprint density at radius 2 is 1.93 bits per heavy atom. The van der Waals surface area contributed by atoms with Crippen LogP contribution in [-0.4, -0.2) is 15.5 Å². The number of hydrogen-bond acceptors (Lipinski definition) is 5. The van der Waals surface area contributed by atoms with Gasteiger partial charge in [0.2, 0.25) is 0 Å². The third kappa shape index (κ3) is 3.20. The minimum absolute atomic E-state index is 0.300. The van der Waals surface area contributed by atoms with Crippen molar-refractivity contribution < 1.29 is 9.53 Å². The van der Waals surface area contributed by atoms with Gasteiger partial charge in [-0.3, -0.25) is 14.2 Å². The smallest absolute Gasteiger partial charge is 0.274 e. The predicted octanol–water partition coefficient (Wildman–Crippen LogP) is 3.65. The van der Waals surface area contributed by atoms with E-state index in [1.807, 2.05) is 49.4 Å². The molecular weight excluding hydrogens is 362 g/mol. The zero-order valence-corrected chi connectivity index (χ0v) is 15.2. The molecule has 2 heterocycles. The lowest BCUT2D eigenvalue weighted by Crippen LogP contribution is -2.18. The summed E-state index contributed by atoms with van der Waals surface area (Å²) in [5.74, 6) is 0.798. The molecular formula is C20H15N3O3S. The van der Waals surface area contributed by atoms with Gasteiger partial charge in [0.05, 0.1) is 22.3 Å². The molecule has 1 amide bonds. The van der Waals surface area contributed by atoms with E-state index >= 15 is 0 Å². The fourth-order valence-corrected chi connectivity index (χ4v) is 3.60. The van der Waals surface area contributed by atoms with Crippen LogP contribution in [0.25, 0.3) is 16.0 Å². The van der Waals surface area contributed by atoms with Crippen molar-refractivity contribution in [3.8, 4) is 17.2 Å². The number of nitrogens with zero attached hydrogens (tertiary/aromatic N) is 2. The number of aryl methyl sites for hydroxylation is 1. The van der Waals surface area contributed by atoms with Crippen LogP contribution in [0, 0.1) is 6.92 Å². The van der Waals surface area contributed by atoms with Crippen LogP contribution in [0.15, 0.2) is 65.6 Å². The van der Waals surface area contributed by atoms with Crippen LogP contribution in [-0.2, 0) is 0 Å². The lowest BCUT2D eigenvalue weighted by Gasteiger charge is -2.12. The Bertz CT molecular complexity index is 1210. The Morgan fingerprint density at radius 3 is 2.67 bits per heavy atom. The average molecular weight is 377 g/mol. The molecule has 7 heteroatoms. The second-order valence-electron chi connectivity index (χ2n) is 5.96. The molecule has 0 saturated heterocycles. The maximum absolute atomic E-state index is 12.5. The Labute approximate surface area is 158 Å². The quantitative estimate of drug-likeness (QED) is 0.588. The highest BCUT2D eigenvalue weighted by Gasteiger charge is 2.14. The molecule has 0 unspecified atom stereocenters. The van der Waals surface area contributed by atoms with E-state index in [1.165, 1.54) is 10.8 Å². The van der Waals surface area contributed by atoms with Crippen molar-refractivity contribution in [2.45, 2.75) is 6.92 Å². The van der Waals surface area contributed by atoms with Crippen molar-refractivity contribution in [2.24, 2.45) is 5.73 Å². The summed E-state index contributed by atoms with van der Waals surface area (Å²) in [5.41, 5.74) is 7.17. The number of rotatable bonds is 4. The van der Waals surface area contributed by atoms with Crippen LogP contribution < -0.4 is 16.0 Å². The topological polar surface area (TPSA) is 87.2 Å². The summed E-state index contributed by atoms with van der Waals surface area (Å²) in [4.78, 5) is 29.1. The molecule has 0 aliphatic rings. The lowest BCUT2D eigenvalue weighted by atomic mass is 10.2. The highest BCUT2D eigenvalue weighted by Crippen LogP contribution is 2.29. The molecule has 2 aromatic heterocycles. The first kappa shape index (κ1) is 17.0. The Balaban J connectivity index is 1.86. The summed E-state index contributed by atoms with van der Waals surface area (Å²) in [6, 6.07) is 16.5. The molecule has 0 aliphatic heterocycles. The van der Waals surface area contributed by atoms with Crippen LogP contribution >= 0.6 is 11.3 Å². The summed E-state index contributed by atoms with van der Waals surface area (Å²) < 4.78 is 7.47. The van der Waals surface area contributed by atoms with Gasteiger partial charge < -0.3 is 10.5 Å². The minimum atomic E-state index is -0.547. The number of primary amides is 1. The third-order valence-corrected chi connectivity index (χ3v) is 5.14. The molecule has 0 atom stereocenters. The van der Waals surface area contributed by atoms with Crippen LogP contribution in [0.3, 0.4) is 0 Å². The number of benzene rings is 2. The van der Waals surface area contributed by atoms with E-state index in [-0.39, 0.29) is 5.56 Å². The maximum atomic E-state index is 12.5. The van der Waals surface area contributed by atoms with Crippen LogP contribution in [0.5, 0.6) is 11.5 Å². The number of aromatic nitrogens is 2. The molecule has 0 fully saturated rings. The van der Waals surface area contributed by atoms with Gasteiger partial charge in [-0.15, -0.1) is 11.3 Å². The normalized spacial score (nSPS) is 10.9. The second kappa shape index (κ2) is 6.69. The Hall–Kier alpha value is -3.45. The Kier molecular flexibility index (Phi) is 4.21. The van der Waals surface area contributed by atoms with Crippen molar-refractivity contribution >= 4 is 27.6 Å². The highest BCUT2D eigenvalue weighted by molar-refractivity contribution is 7.20. The number of para-hydroxylation sites is 1. The third-order valence-electron chi connectivity index (χ3n) is 4.09. The van der Waals surface area contributed by atoms with Crippen molar-refractivity contribution in [1.29, 1.82) is 0 Å². The van der Waals surface area contributed by atoms with Gasteiger partial charge in [-0.05, 0) is 36.8 Å². The van der Waals surface area contributed by atoms with Crippen molar-refractivity contribution in [3.05, 3.63) is 81.6 Å². The van der Waals surface area contributed by atoms with E-state index < -0.39 is 5.91 Å². The second-order valence-corrected chi connectivity index (χ2v) is 6.99. The van der Waals surface area contributed by atoms with Gasteiger partial charge in [-0.25, -0.2) is 4.98 Å². The van der Waals surface area contributed by atoms with E-state index in [0.29, 0.717) is 32.4 Å². The monoisotopic (exact) mass is 377 g/mol. The minimum Gasteiger partial charge on any atom is -0.457 e. The first-order valence-corrected chi connectivity index (χ1v) is 9.00. The van der Waals surface area contributed by atoms with E-state index in [0.717, 1.165) is 16.9 Å². The largest absolute Gasteiger partial charge is 0.457 e. The lowest BCUT2D eigenvalue weighted by molar-refractivity contribution is 0.100. The van der Waals surface area contributed by atoms with E-state index in [2.05, 4.69) is 4.98 Å². The molecule has 27 heavy (non-hydrogen) atoms. The SMILES string of the molecule is Cc1ccc(-n2c(=O)cnc3sc(C(N)=O)cc32)cc1Oc1ccccc1. The van der Waals surface area contributed by atoms with E-state index in [4.69, 9.17) is 10.5 Å². The number of carbonyl (C=O) groups excluding carboxylic acids is 1. The van der Waals surface area contributed by atoms with Crippen LogP contribution in [0.2, 0.25) is 0 Å². The molecule has 0 bridgehead atoms. The Morgan fingerprint density at radius 1 is 1.15 bits per heavy atom. The average Bonchev–Trinajstić information content (AvgIpc) is 3.09. The zero-order valence-electron chi connectivity index (χ0n) is 14.4. The zero-order chi connectivity index (χ0) is 19.0. The molecule has 0 spiro atoms. The van der Waals surface area contributed by atoms with E-state index in [9.17, 15) is 9.59 Å². The molecule has 2 N–H and O–H groups in total. The van der Waals surface area contributed by atoms with Gasteiger partial charge in [0.15, 0.2) is 0 Å². The fourth-order valence-electron chi connectivity index (χ4n) is 2.76. The van der Waals surface area contributed by atoms with Crippen molar-refractivity contribution in [1.82, 2.24) is 9.55 Å². The summed E-state index contributed by atoms with van der Waals surface area (Å²) in [7, 11) is 0. The molecule has 134 valence electrons. The summed E-state index contributed by atoms with van der Waals surface area (Å²) in [6.45, 7) is 1.93.